The number of hydrogen-bond donors (Lipinski definition) is 3. The molecule has 0 amide bonds. The maximum absolute atomic E-state index is 13.0. The van der Waals surface area contributed by atoms with Crippen molar-refractivity contribution in [3.8, 4) is 0 Å². The van der Waals surface area contributed by atoms with Crippen LogP contribution in [0.3, 0.4) is 0 Å². The summed E-state index contributed by atoms with van der Waals surface area (Å²) in [4.78, 5) is 33.0. The first-order chi connectivity index (χ1) is 17.7. The van der Waals surface area contributed by atoms with E-state index in [2.05, 4.69) is 28.3 Å². The predicted octanol–water partition coefficient (Wildman–Crippen LogP) is 1.76. The monoisotopic (exact) mass is 604 g/mol. The first-order valence-electron chi connectivity index (χ1n) is 10.5. The van der Waals surface area contributed by atoms with E-state index in [-0.39, 0.29) is 36.0 Å². The Labute approximate surface area is 215 Å². The number of nitrogen functional groups attached to an aromatic ring is 2. The fourth-order valence-electron chi connectivity index (χ4n) is 3.34. The molecule has 214 valence electrons. The van der Waals surface area contributed by atoms with Crippen molar-refractivity contribution in [2.24, 2.45) is 5.92 Å². The van der Waals surface area contributed by atoms with Crippen molar-refractivity contribution in [1.29, 1.82) is 0 Å². The molecule has 0 saturated carbocycles. The summed E-state index contributed by atoms with van der Waals surface area (Å²) in [5, 5.41) is 0. The number of carbonyl (C=O) groups is 1. The fraction of sp³-hybridized carbons (Fsp3) is 0.625. The van der Waals surface area contributed by atoms with Gasteiger partial charge in [0.1, 0.15) is 11.7 Å². The van der Waals surface area contributed by atoms with Crippen LogP contribution < -0.4 is 11.5 Å². The minimum atomic E-state index is -4.98. The van der Waals surface area contributed by atoms with E-state index < -0.39 is 54.3 Å². The molecule has 1 aliphatic heterocycles. The van der Waals surface area contributed by atoms with Crippen LogP contribution in [0.25, 0.3) is 11.2 Å². The van der Waals surface area contributed by atoms with Gasteiger partial charge in [0.2, 0.25) is 5.95 Å². The number of hydrogen-bond acceptors (Lipinski definition) is 17. The molecular formula is C16H27N6O13P3. The number of nitrogens with two attached hydrogens (primary N) is 2. The number of fused-ring (bicyclic) bond motifs is 1. The summed E-state index contributed by atoms with van der Waals surface area (Å²) in [6.07, 6.45) is 0.0208. The van der Waals surface area contributed by atoms with E-state index in [4.69, 9.17) is 34.3 Å². The molecular weight excluding hydrogens is 577 g/mol. The van der Waals surface area contributed by atoms with Crippen LogP contribution in [0.1, 0.15) is 19.6 Å². The van der Waals surface area contributed by atoms with E-state index >= 15 is 0 Å². The van der Waals surface area contributed by atoms with Gasteiger partial charge in [0, 0.05) is 40.6 Å². The molecule has 6 atom stereocenters. The van der Waals surface area contributed by atoms with Gasteiger partial charge in [-0.05, 0) is 0 Å². The van der Waals surface area contributed by atoms with Crippen LogP contribution in [-0.2, 0) is 54.7 Å². The molecule has 0 bridgehead atoms. The van der Waals surface area contributed by atoms with Gasteiger partial charge in [-0.25, -0.2) is 18.7 Å². The van der Waals surface area contributed by atoms with Crippen molar-refractivity contribution in [2.75, 3.05) is 46.0 Å². The third kappa shape index (κ3) is 7.34. The number of phosphoric acid groups is 3. The number of rotatable bonds is 13. The van der Waals surface area contributed by atoms with Crippen LogP contribution in [0.2, 0.25) is 0 Å². The molecule has 2 aromatic rings. The lowest BCUT2D eigenvalue weighted by atomic mass is 10.0. The second kappa shape index (κ2) is 12.0. The van der Waals surface area contributed by atoms with E-state index in [1.807, 2.05) is 0 Å². The smallest absolute Gasteiger partial charge is 0.465 e. The zero-order valence-corrected chi connectivity index (χ0v) is 23.2. The molecule has 22 heteroatoms. The maximum Gasteiger partial charge on any atom is 0.492 e. The van der Waals surface area contributed by atoms with Gasteiger partial charge in [-0.2, -0.15) is 18.6 Å². The maximum atomic E-state index is 13.0. The Morgan fingerprint density at radius 3 is 2.39 bits per heavy atom. The third-order valence-corrected chi connectivity index (χ3v) is 10.2. The summed E-state index contributed by atoms with van der Waals surface area (Å²) < 4.78 is 77.7. The average Bonchev–Trinajstić information content (AvgIpc) is 3.45. The van der Waals surface area contributed by atoms with Gasteiger partial charge in [0.25, 0.3) is 0 Å². The highest BCUT2D eigenvalue weighted by Crippen LogP contribution is 2.71. The SMILES string of the molecule is COP(=O)(O)OP(=O)(OC)OP(=O)(OC)OCC1OC(n2cnc3c(N)nc(N)nc32)CC1COC(C)=O. The lowest BCUT2D eigenvalue weighted by Crippen LogP contribution is -2.26. The Bertz CT molecular complexity index is 1310. The van der Waals surface area contributed by atoms with Crippen LogP contribution in [0, 0.1) is 5.92 Å². The van der Waals surface area contributed by atoms with Crippen LogP contribution in [0.4, 0.5) is 11.8 Å². The number of anilines is 2. The van der Waals surface area contributed by atoms with Crippen molar-refractivity contribution < 1.29 is 59.6 Å². The molecule has 6 unspecified atom stereocenters. The molecule has 0 spiro atoms. The minimum Gasteiger partial charge on any atom is -0.465 e. The lowest BCUT2D eigenvalue weighted by Gasteiger charge is -2.24. The summed E-state index contributed by atoms with van der Waals surface area (Å²) in [6, 6.07) is 0. The Morgan fingerprint density at radius 1 is 1.11 bits per heavy atom. The van der Waals surface area contributed by atoms with E-state index in [0.29, 0.717) is 0 Å². The fourth-order valence-corrected chi connectivity index (χ4v) is 7.41. The van der Waals surface area contributed by atoms with Gasteiger partial charge >= 0.3 is 29.4 Å². The van der Waals surface area contributed by atoms with Gasteiger partial charge in [-0.3, -0.25) is 27.5 Å². The number of nitrogens with zero attached hydrogens (tertiary/aromatic N) is 4. The standard InChI is InChI=1S/C16H27N6O13P3/c1-9(23)31-6-10-5-12(22-8-19-13-14(17)20-16(18)21-15(13)22)33-11(10)7-32-37(26,29-3)35-38(27,30-4)34-36(24,25)28-2/h8,10-12H,5-7H2,1-4H3,(H,24,25)(H4,17,18,20,21). The van der Waals surface area contributed by atoms with Crippen molar-refractivity contribution in [2.45, 2.75) is 25.7 Å². The molecule has 1 fully saturated rings. The highest BCUT2D eigenvalue weighted by atomic mass is 31.3. The molecule has 19 nitrogen and oxygen atoms in total. The van der Waals surface area contributed by atoms with E-state index in [9.17, 15) is 23.4 Å². The van der Waals surface area contributed by atoms with Gasteiger partial charge in [0.05, 0.1) is 25.6 Å². The van der Waals surface area contributed by atoms with Crippen LogP contribution in [0.5, 0.6) is 0 Å². The summed E-state index contributed by atoms with van der Waals surface area (Å²) in [7, 11) is -12.1. The quantitative estimate of drug-likeness (QED) is 0.217. The van der Waals surface area contributed by atoms with Crippen LogP contribution >= 0.6 is 23.5 Å². The van der Waals surface area contributed by atoms with Crippen molar-refractivity contribution in [3.05, 3.63) is 6.33 Å². The Morgan fingerprint density at radius 2 is 1.79 bits per heavy atom. The first-order valence-corrected chi connectivity index (χ1v) is 15.0. The predicted molar refractivity (Wildman–Crippen MR) is 127 cm³/mol. The average molecular weight is 604 g/mol. The Kier molecular flexibility index (Phi) is 9.66. The van der Waals surface area contributed by atoms with E-state index in [1.54, 1.807) is 0 Å². The minimum absolute atomic E-state index is 0.0597. The Balaban J connectivity index is 1.80. The molecule has 3 rings (SSSR count). The molecule has 1 saturated heterocycles. The van der Waals surface area contributed by atoms with Crippen molar-refractivity contribution in [1.82, 2.24) is 19.5 Å². The first kappa shape index (κ1) is 30.5. The molecule has 2 aromatic heterocycles. The lowest BCUT2D eigenvalue weighted by molar-refractivity contribution is -0.143. The number of esters is 1. The van der Waals surface area contributed by atoms with Gasteiger partial charge in [-0.15, -0.1) is 0 Å². The molecule has 3 heterocycles. The number of carbonyl (C=O) groups excluding carboxylic acids is 1. The van der Waals surface area contributed by atoms with Crippen LogP contribution in [0.15, 0.2) is 6.33 Å². The second-order valence-electron chi connectivity index (χ2n) is 7.59. The molecule has 0 aromatic carbocycles. The van der Waals surface area contributed by atoms with Crippen molar-refractivity contribution in [3.63, 3.8) is 0 Å². The van der Waals surface area contributed by atoms with Gasteiger partial charge < -0.3 is 25.8 Å². The molecule has 5 N–H and O–H groups in total. The van der Waals surface area contributed by atoms with E-state index in [1.165, 1.54) is 17.8 Å². The van der Waals surface area contributed by atoms with Gasteiger partial charge in [0.15, 0.2) is 11.5 Å². The van der Waals surface area contributed by atoms with Crippen molar-refractivity contribution >= 4 is 52.4 Å². The summed E-state index contributed by atoms with van der Waals surface area (Å²) in [5.74, 6) is -1.09. The van der Waals surface area contributed by atoms with E-state index in [0.717, 1.165) is 21.3 Å². The number of ether oxygens (including phenoxy) is 2. The highest BCUT2D eigenvalue weighted by Gasteiger charge is 2.46. The largest absolute Gasteiger partial charge is 0.492 e. The Hall–Kier alpha value is -2.01. The zero-order valence-electron chi connectivity index (χ0n) is 20.6. The molecule has 38 heavy (non-hydrogen) atoms. The number of phosphoric ester groups is 2. The molecule has 1 aliphatic rings. The zero-order chi connectivity index (χ0) is 28.3. The summed E-state index contributed by atoms with van der Waals surface area (Å²) in [5.41, 5.74) is 12.1. The summed E-state index contributed by atoms with van der Waals surface area (Å²) in [6.45, 7) is 0.606. The normalized spacial score (nSPS) is 24.5. The topological polar surface area (TPSA) is 258 Å². The molecule has 0 aliphatic carbocycles. The third-order valence-electron chi connectivity index (χ3n) is 5.12. The highest BCUT2D eigenvalue weighted by molar-refractivity contribution is 7.67. The number of imidazole rings is 1. The second-order valence-corrected chi connectivity index (χ2v) is 13.0. The molecule has 0 radical (unpaired) electrons. The van der Waals surface area contributed by atoms with Gasteiger partial charge in [-0.1, -0.05) is 0 Å². The number of aromatic nitrogens is 4. The van der Waals surface area contributed by atoms with Crippen LogP contribution in [-0.4, -0.2) is 71.0 Å². The summed E-state index contributed by atoms with van der Waals surface area (Å²) >= 11 is 0.